The molecule has 2 atom stereocenters. The summed E-state index contributed by atoms with van der Waals surface area (Å²) in [5, 5.41) is 25.4. The van der Waals surface area contributed by atoms with E-state index in [4.69, 9.17) is 15.9 Å². The van der Waals surface area contributed by atoms with Crippen LogP contribution in [0.1, 0.15) is 5.56 Å². The van der Waals surface area contributed by atoms with Crippen molar-refractivity contribution in [1.82, 2.24) is 20.9 Å². The summed E-state index contributed by atoms with van der Waals surface area (Å²) in [6, 6.07) is 5.14. The average molecular weight is 405 g/mol. The van der Waals surface area contributed by atoms with Crippen LogP contribution in [0.3, 0.4) is 0 Å². The van der Waals surface area contributed by atoms with Gasteiger partial charge in [-0.2, -0.15) is 0 Å². The first-order chi connectivity index (χ1) is 13.8. The Bertz CT molecular complexity index is 896. The number of carbonyl (C=O) groups is 4. The van der Waals surface area contributed by atoms with Crippen molar-refractivity contribution in [3.63, 3.8) is 0 Å². The fourth-order valence-corrected chi connectivity index (χ4v) is 2.62. The molecule has 0 saturated carbocycles. The van der Waals surface area contributed by atoms with Crippen LogP contribution in [0.5, 0.6) is 0 Å². The number of aliphatic hydroxyl groups excluding tert-OH is 1. The highest BCUT2D eigenvalue weighted by atomic mass is 16.4. The number of carboxylic acid groups (broad SMARTS) is 1. The molecule has 1 heterocycles. The highest BCUT2D eigenvalue weighted by Gasteiger charge is 2.25. The highest BCUT2D eigenvalue weighted by molar-refractivity contribution is 5.93. The van der Waals surface area contributed by atoms with Crippen LogP contribution < -0.4 is 21.7 Å². The van der Waals surface area contributed by atoms with Gasteiger partial charge in [0.2, 0.25) is 17.7 Å². The van der Waals surface area contributed by atoms with Crippen molar-refractivity contribution in [3.8, 4) is 0 Å². The lowest BCUT2D eigenvalue weighted by molar-refractivity contribution is -0.138. The van der Waals surface area contributed by atoms with Gasteiger partial charge in [0.05, 0.1) is 13.2 Å². The van der Waals surface area contributed by atoms with Gasteiger partial charge in [-0.1, -0.05) is 18.2 Å². The van der Waals surface area contributed by atoms with E-state index in [2.05, 4.69) is 20.9 Å². The second kappa shape index (κ2) is 10.2. The molecule has 0 aliphatic heterocycles. The summed E-state index contributed by atoms with van der Waals surface area (Å²) in [5.74, 6) is -3.28. The zero-order valence-corrected chi connectivity index (χ0v) is 15.5. The normalized spacial score (nSPS) is 12.8. The second-order valence-electron chi connectivity index (χ2n) is 6.30. The molecule has 1 aromatic heterocycles. The molecule has 156 valence electrons. The van der Waals surface area contributed by atoms with Crippen LogP contribution in [-0.4, -0.2) is 70.7 Å². The Labute approximate surface area is 165 Å². The first kappa shape index (κ1) is 21.9. The number of aliphatic carboxylic acids is 1. The molecule has 0 aliphatic rings. The van der Waals surface area contributed by atoms with Crippen LogP contribution in [0.15, 0.2) is 30.5 Å². The highest BCUT2D eigenvalue weighted by Crippen LogP contribution is 2.19. The quantitative estimate of drug-likeness (QED) is 0.234. The van der Waals surface area contributed by atoms with Crippen molar-refractivity contribution in [3.05, 3.63) is 36.0 Å². The maximum Gasteiger partial charge on any atom is 0.322 e. The number of rotatable bonds is 10. The van der Waals surface area contributed by atoms with Gasteiger partial charge in [0, 0.05) is 23.5 Å². The lowest BCUT2D eigenvalue weighted by atomic mass is 10.0. The van der Waals surface area contributed by atoms with Crippen molar-refractivity contribution in [2.45, 2.75) is 18.5 Å². The lowest BCUT2D eigenvalue weighted by Crippen LogP contribution is -2.54. The average Bonchev–Trinajstić information content (AvgIpc) is 3.12. The molecule has 0 saturated heterocycles. The third kappa shape index (κ3) is 6.30. The van der Waals surface area contributed by atoms with Crippen molar-refractivity contribution in [2.24, 2.45) is 5.73 Å². The number of benzene rings is 1. The number of amides is 3. The zero-order chi connectivity index (χ0) is 21.4. The van der Waals surface area contributed by atoms with Crippen molar-refractivity contribution >= 4 is 34.6 Å². The summed E-state index contributed by atoms with van der Waals surface area (Å²) in [6.07, 6.45) is 1.82. The molecule has 11 heteroatoms. The van der Waals surface area contributed by atoms with Crippen molar-refractivity contribution < 1.29 is 29.4 Å². The summed E-state index contributed by atoms with van der Waals surface area (Å²) in [7, 11) is 0. The molecule has 3 amide bonds. The van der Waals surface area contributed by atoms with E-state index in [1.165, 1.54) is 0 Å². The minimum Gasteiger partial charge on any atom is -0.480 e. The van der Waals surface area contributed by atoms with Gasteiger partial charge < -0.3 is 36.9 Å². The summed E-state index contributed by atoms with van der Waals surface area (Å²) in [6.45, 7) is -1.63. The number of nitrogens with two attached hydrogens (primary N) is 1. The number of aromatic amines is 1. The number of carboxylic acids is 1. The Kier molecular flexibility index (Phi) is 7.69. The van der Waals surface area contributed by atoms with E-state index >= 15 is 0 Å². The van der Waals surface area contributed by atoms with Crippen LogP contribution in [0, 0.1) is 0 Å². The molecular weight excluding hydrogens is 382 g/mol. The van der Waals surface area contributed by atoms with E-state index in [1.54, 1.807) is 6.20 Å². The molecular formula is C18H23N5O6. The number of aliphatic hydroxyl groups is 1. The number of hydrogen-bond acceptors (Lipinski definition) is 6. The van der Waals surface area contributed by atoms with Gasteiger partial charge in [0.1, 0.15) is 18.6 Å². The van der Waals surface area contributed by atoms with Crippen LogP contribution in [0.4, 0.5) is 0 Å². The van der Waals surface area contributed by atoms with Gasteiger partial charge in [0.25, 0.3) is 0 Å². The molecule has 0 bridgehead atoms. The molecule has 0 spiro atoms. The van der Waals surface area contributed by atoms with E-state index in [0.717, 1.165) is 16.5 Å². The largest absolute Gasteiger partial charge is 0.480 e. The fraction of sp³-hybridized carbons (Fsp3) is 0.333. The lowest BCUT2D eigenvalue weighted by Gasteiger charge is -2.20. The minimum absolute atomic E-state index is 0.108. The van der Waals surface area contributed by atoms with Gasteiger partial charge >= 0.3 is 5.97 Å². The molecule has 0 radical (unpaired) electrons. The molecule has 1 aromatic carbocycles. The predicted octanol–water partition coefficient (Wildman–Crippen LogP) is -2.17. The molecule has 2 rings (SSSR count). The summed E-state index contributed by atoms with van der Waals surface area (Å²) in [5.41, 5.74) is 7.11. The molecule has 0 aliphatic carbocycles. The first-order valence-corrected chi connectivity index (χ1v) is 8.79. The maximum absolute atomic E-state index is 12.6. The van der Waals surface area contributed by atoms with Crippen LogP contribution >= 0.6 is 0 Å². The fourth-order valence-electron chi connectivity index (χ4n) is 2.62. The zero-order valence-electron chi connectivity index (χ0n) is 15.5. The third-order valence-electron chi connectivity index (χ3n) is 4.13. The third-order valence-corrected chi connectivity index (χ3v) is 4.13. The minimum atomic E-state index is -1.22. The number of fused-ring (bicyclic) bond motifs is 1. The Balaban J connectivity index is 2.09. The Morgan fingerprint density at radius 2 is 1.79 bits per heavy atom. The second-order valence-corrected chi connectivity index (χ2v) is 6.30. The molecule has 0 fully saturated rings. The van der Waals surface area contributed by atoms with Gasteiger partial charge in [-0.05, 0) is 11.6 Å². The van der Waals surface area contributed by atoms with Gasteiger partial charge in [0.15, 0.2) is 0 Å². The number of hydrogen-bond donors (Lipinski definition) is 7. The predicted molar refractivity (Wildman–Crippen MR) is 103 cm³/mol. The van der Waals surface area contributed by atoms with E-state index in [1.807, 2.05) is 24.3 Å². The van der Waals surface area contributed by atoms with E-state index in [0.29, 0.717) is 0 Å². The van der Waals surface area contributed by atoms with Gasteiger partial charge in [-0.3, -0.25) is 19.2 Å². The molecule has 2 aromatic rings. The summed E-state index contributed by atoms with van der Waals surface area (Å²) < 4.78 is 0. The molecule has 11 nitrogen and oxygen atoms in total. The Hall–Kier alpha value is -3.44. The number of aromatic nitrogens is 1. The van der Waals surface area contributed by atoms with Crippen LogP contribution in [0.2, 0.25) is 0 Å². The molecule has 2 unspecified atom stereocenters. The topological polar surface area (TPSA) is 187 Å². The summed E-state index contributed by atoms with van der Waals surface area (Å²) >= 11 is 0. The van der Waals surface area contributed by atoms with Gasteiger partial charge in [-0.15, -0.1) is 0 Å². The number of nitrogens with one attached hydrogen (secondary N) is 4. The van der Waals surface area contributed by atoms with E-state index in [-0.39, 0.29) is 6.42 Å². The first-order valence-electron chi connectivity index (χ1n) is 8.79. The smallest absolute Gasteiger partial charge is 0.322 e. The van der Waals surface area contributed by atoms with E-state index < -0.39 is 55.5 Å². The number of H-pyrrole nitrogens is 1. The Morgan fingerprint density at radius 3 is 2.48 bits per heavy atom. The SMILES string of the molecule is NC(CO)C(=O)NC(Cc1c[nH]c2ccccc12)C(=O)NCC(=O)NCC(=O)O. The number of para-hydroxylation sites is 1. The summed E-state index contributed by atoms with van der Waals surface area (Å²) in [4.78, 5) is 49.8. The standard InChI is InChI=1S/C18H23N5O6/c19-12(9-24)17(28)23-14(18(29)22-7-15(25)21-8-16(26)27)5-10-6-20-13-4-2-1-3-11(10)13/h1-4,6,12,14,20,24H,5,7-9,19H2,(H,21,25)(H,22,29)(H,23,28)(H,26,27). The van der Waals surface area contributed by atoms with Crippen molar-refractivity contribution in [2.75, 3.05) is 19.7 Å². The van der Waals surface area contributed by atoms with Crippen molar-refractivity contribution in [1.29, 1.82) is 0 Å². The van der Waals surface area contributed by atoms with Gasteiger partial charge in [-0.25, -0.2) is 0 Å². The Morgan fingerprint density at radius 1 is 1.07 bits per heavy atom. The van der Waals surface area contributed by atoms with Crippen LogP contribution in [0.25, 0.3) is 10.9 Å². The number of carbonyl (C=O) groups excluding carboxylic acids is 3. The molecule has 8 N–H and O–H groups in total. The molecule has 29 heavy (non-hydrogen) atoms. The van der Waals surface area contributed by atoms with E-state index in [9.17, 15) is 19.2 Å². The van der Waals surface area contributed by atoms with Crippen LogP contribution in [-0.2, 0) is 25.6 Å². The maximum atomic E-state index is 12.6. The monoisotopic (exact) mass is 405 g/mol.